The zero-order chi connectivity index (χ0) is 9.84. The lowest BCUT2D eigenvalue weighted by molar-refractivity contribution is -0.125. The van der Waals surface area contributed by atoms with Crippen LogP contribution < -0.4 is 5.32 Å². The van der Waals surface area contributed by atoms with Crippen LogP contribution in [0.25, 0.3) is 0 Å². The van der Waals surface area contributed by atoms with Crippen LogP contribution in [0.5, 0.6) is 0 Å². The molecule has 0 spiro atoms. The van der Waals surface area contributed by atoms with Gasteiger partial charge < -0.3 is 10.4 Å². The minimum atomic E-state index is -0.356. The van der Waals surface area contributed by atoms with Crippen LogP contribution in [0.1, 0.15) is 19.8 Å². The Morgan fingerprint density at radius 2 is 2.46 bits per heavy atom. The van der Waals surface area contributed by atoms with Crippen molar-refractivity contribution < 1.29 is 9.90 Å². The molecule has 1 fully saturated rings. The molecule has 2 atom stereocenters. The van der Waals surface area contributed by atoms with E-state index in [1.165, 1.54) is 0 Å². The summed E-state index contributed by atoms with van der Waals surface area (Å²) in [6, 6.07) is -0.0281. The van der Waals surface area contributed by atoms with E-state index >= 15 is 0 Å². The summed E-state index contributed by atoms with van der Waals surface area (Å²) in [6.45, 7) is 3.26. The van der Waals surface area contributed by atoms with E-state index < -0.39 is 0 Å². The van der Waals surface area contributed by atoms with E-state index in [9.17, 15) is 9.90 Å². The summed E-state index contributed by atoms with van der Waals surface area (Å²) < 4.78 is 0. The Hall–Kier alpha value is -0.610. The van der Waals surface area contributed by atoms with Gasteiger partial charge in [0.1, 0.15) is 0 Å². The molecule has 1 amide bonds. The highest BCUT2D eigenvalue weighted by atomic mass is 16.3. The average Bonchev–Trinajstić information content (AvgIpc) is 2.50. The van der Waals surface area contributed by atoms with Gasteiger partial charge >= 0.3 is 0 Å². The van der Waals surface area contributed by atoms with Gasteiger partial charge in [-0.3, -0.25) is 9.69 Å². The second kappa shape index (κ2) is 4.58. The molecular formula is C9H18N2O2. The first-order chi connectivity index (χ1) is 6.15. The predicted octanol–water partition coefficient (Wildman–Crippen LogP) is -0.422. The van der Waals surface area contributed by atoms with E-state index in [2.05, 4.69) is 5.32 Å². The smallest absolute Gasteiger partial charge is 0.237 e. The maximum Gasteiger partial charge on any atom is 0.237 e. The molecule has 0 aliphatic carbocycles. The van der Waals surface area contributed by atoms with Crippen molar-refractivity contribution in [3.05, 3.63) is 0 Å². The number of aliphatic hydroxyl groups excluding tert-OH is 1. The van der Waals surface area contributed by atoms with Gasteiger partial charge in [0.15, 0.2) is 0 Å². The van der Waals surface area contributed by atoms with E-state index in [1.54, 1.807) is 14.0 Å². The van der Waals surface area contributed by atoms with Crippen molar-refractivity contribution in [2.24, 2.45) is 0 Å². The average molecular weight is 186 g/mol. The zero-order valence-corrected chi connectivity index (χ0v) is 8.29. The van der Waals surface area contributed by atoms with Crippen LogP contribution in [0.2, 0.25) is 0 Å². The third kappa shape index (κ3) is 2.67. The molecule has 1 rings (SSSR count). The van der Waals surface area contributed by atoms with Crippen LogP contribution in [-0.4, -0.2) is 48.2 Å². The van der Waals surface area contributed by atoms with Gasteiger partial charge in [0.25, 0.3) is 0 Å². The van der Waals surface area contributed by atoms with Crippen molar-refractivity contribution in [3.8, 4) is 0 Å². The number of carbonyl (C=O) groups is 1. The maximum atomic E-state index is 11.4. The number of nitrogens with zero attached hydrogens (tertiary/aromatic N) is 1. The van der Waals surface area contributed by atoms with Crippen molar-refractivity contribution in [1.82, 2.24) is 10.2 Å². The quantitative estimate of drug-likeness (QED) is 0.629. The highest BCUT2D eigenvalue weighted by Gasteiger charge is 2.30. The molecule has 0 aromatic heterocycles. The molecule has 0 saturated carbocycles. The normalized spacial score (nSPS) is 25.9. The lowest BCUT2D eigenvalue weighted by atomic mass is 10.2. The van der Waals surface area contributed by atoms with Crippen LogP contribution in [0.3, 0.4) is 0 Å². The zero-order valence-electron chi connectivity index (χ0n) is 8.29. The van der Waals surface area contributed by atoms with Crippen LogP contribution in [-0.2, 0) is 4.79 Å². The molecule has 0 aromatic rings. The third-order valence-electron chi connectivity index (χ3n) is 2.41. The fourth-order valence-corrected chi connectivity index (χ4v) is 1.85. The molecule has 1 aliphatic heterocycles. The van der Waals surface area contributed by atoms with Crippen LogP contribution >= 0.6 is 0 Å². The Morgan fingerprint density at radius 3 is 3.00 bits per heavy atom. The van der Waals surface area contributed by atoms with Gasteiger partial charge in [0.2, 0.25) is 5.91 Å². The Kier molecular flexibility index (Phi) is 3.69. The molecule has 13 heavy (non-hydrogen) atoms. The van der Waals surface area contributed by atoms with Crippen molar-refractivity contribution in [2.75, 3.05) is 20.1 Å². The summed E-state index contributed by atoms with van der Waals surface area (Å²) in [5, 5.41) is 11.9. The molecule has 1 aliphatic rings. The second-order valence-corrected chi connectivity index (χ2v) is 3.62. The van der Waals surface area contributed by atoms with Crippen molar-refractivity contribution >= 4 is 5.91 Å². The summed E-state index contributed by atoms with van der Waals surface area (Å²) in [4.78, 5) is 13.4. The predicted molar refractivity (Wildman–Crippen MR) is 50.3 cm³/mol. The molecule has 76 valence electrons. The topological polar surface area (TPSA) is 52.6 Å². The number of aliphatic hydroxyl groups is 1. The lowest BCUT2D eigenvalue weighted by Crippen LogP contribution is -2.44. The van der Waals surface area contributed by atoms with Gasteiger partial charge in [-0.15, -0.1) is 0 Å². The number of hydrogen-bond acceptors (Lipinski definition) is 3. The Balaban J connectivity index is 2.48. The van der Waals surface area contributed by atoms with Gasteiger partial charge in [-0.2, -0.15) is 0 Å². The molecule has 0 bridgehead atoms. The van der Waals surface area contributed by atoms with Crippen molar-refractivity contribution in [2.45, 2.75) is 31.9 Å². The van der Waals surface area contributed by atoms with Gasteiger partial charge in [0.05, 0.1) is 12.1 Å². The monoisotopic (exact) mass is 186 g/mol. The second-order valence-electron chi connectivity index (χ2n) is 3.62. The maximum absolute atomic E-state index is 11.4. The molecule has 2 N–H and O–H groups in total. The van der Waals surface area contributed by atoms with E-state index in [-0.39, 0.29) is 18.1 Å². The van der Waals surface area contributed by atoms with Crippen molar-refractivity contribution in [3.63, 3.8) is 0 Å². The van der Waals surface area contributed by atoms with Gasteiger partial charge in [0, 0.05) is 13.6 Å². The summed E-state index contributed by atoms with van der Waals surface area (Å²) >= 11 is 0. The number of likely N-dealkylation sites (tertiary alicyclic amines) is 1. The Morgan fingerprint density at radius 1 is 1.77 bits per heavy atom. The summed E-state index contributed by atoms with van der Waals surface area (Å²) in [6.07, 6.45) is 1.60. The Labute approximate surface area is 78.9 Å². The minimum Gasteiger partial charge on any atom is -0.392 e. The summed E-state index contributed by atoms with van der Waals surface area (Å²) in [7, 11) is 1.65. The lowest BCUT2D eigenvalue weighted by Gasteiger charge is -2.23. The highest BCUT2D eigenvalue weighted by molar-refractivity contribution is 5.81. The minimum absolute atomic E-state index is 0.0281. The highest BCUT2D eigenvalue weighted by Crippen LogP contribution is 2.17. The number of nitrogens with one attached hydrogen (secondary N) is 1. The van der Waals surface area contributed by atoms with E-state index in [1.807, 2.05) is 4.90 Å². The van der Waals surface area contributed by atoms with Gasteiger partial charge in [-0.1, -0.05) is 0 Å². The first kappa shape index (κ1) is 10.5. The van der Waals surface area contributed by atoms with Crippen molar-refractivity contribution in [1.29, 1.82) is 0 Å². The summed E-state index contributed by atoms with van der Waals surface area (Å²) in [5.41, 5.74) is 0. The first-order valence-electron chi connectivity index (χ1n) is 4.79. The number of amides is 1. The van der Waals surface area contributed by atoms with E-state index in [0.29, 0.717) is 6.54 Å². The van der Waals surface area contributed by atoms with Crippen LogP contribution in [0.15, 0.2) is 0 Å². The number of carbonyl (C=O) groups excluding carboxylic acids is 1. The van der Waals surface area contributed by atoms with Gasteiger partial charge in [-0.25, -0.2) is 0 Å². The third-order valence-corrected chi connectivity index (χ3v) is 2.41. The Bertz CT molecular complexity index is 182. The molecule has 0 radical (unpaired) electrons. The van der Waals surface area contributed by atoms with Gasteiger partial charge in [-0.05, 0) is 26.3 Å². The first-order valence-corrected chi connectivity index (χ1v) is 4.79. The fourth-order valence-electron chi connectivity index (χ4n) is 1.85. The number of likely N-dealkylation sites (N-methyl/N-ethyl adjacent to an activating group) is 1. The molecule has 4 nitrogen and oxygen atoms in total. The van der Waals surface area contributed by atoms with Crippen LogP contribution in [0, 0.1) is 0 Å². The molecule has 0 aromatic carbocycles. The van der Waals surface area contributed by atoms with Crippen LogP contribution in [0.4, 0.5) is 0 Å². The molecule has 4 heteroatoms. The SMILES string of the molecule is CNC(=O)C1CCCN1CC(C)O. The number of β-amino-alcohol motifs (C(OH)–C–C–N with tert-alkyl or cyclic N) is 1. The number of hydrogen-bond donors (Lipinski definition) is 2. The number of rotatable bonds is 3. The molecule has 1 saturated heterocycles. The largest absolute Gasteiger partial charge is 0.392 e. The molecule has 2 unspecified atom stereocenters. The summed E-state index contributed by atoms with van der Waals surface area (Å²) in [5.74, 6) is 0.0677. The van der Waals surface area contributed by atoms with E-state index in [4.69, 9.17) is 0 Å². The van der Waals surface area contributed by atoms with E-state index in [0.717, 1.165) is 19.4 Å². The molecular weight excluding hydrogens is 168 g/mol. The molecule has 1 heterocycles. The standard InChI is InChI=1S/C9H18N2O2/c1-7(12)6-11-5-3-4-8(11)9(13)10-2/h7-8,12H,3-6H2,1-2H3,(H,10,13). The fraction of sp³-hybridized carbons (Fsp3) is 0.889.